The Bertz CT molecular complexity index is 237. The van der Waals surface area contributed by atoms with Crippen LogP contribution in [0, 0.1) is 0 Å². The average molecular weight is 260 g/mol. The Kier molecular flexibility index (Phi) is 7.95. The van der Waals surface area contributed by atoms with Crippen LogP contribution in [0.5, 0.6) is 0 Å². The Morgan fingerprint density at radius 2 is 1.94 bits per heavy atom. The van der Waals surface area contributed by atoms with Crippen LogP contribution in [-0.2, 0) is 4.74 Å². The van der Waals surface area contributed by atoms with E-state index < -0.39 is 5.60 Å². The van der Waals surface area contributed by atoms with E-state index in [0.29, 0.717) is 6.54 Å². The molecule has 0 aliphatic carbocycles. The molecule has 2 unspecified atom stereocenters. The Morgan fingerprint density at radius 3 is 2.44 bits per heavy atom. The van der Waals surface area contributed by atoms with E-state index in [4.69, 9.17) is 9.84 Å². The van der Waals surface area contributed by atoms with Gasteiger partial charge in [0.15, 0.2) is 0 Å². The monoisotopic (exact) mass is 260 g/mol. The van der Waals surface area contributed by atoms with E-state index in [2.05, 4.69) is 10.6 Å². The molecule has 0 fully saturated rings. The van der Waals surface area contributed by atoms with Crippen molar-refractivity contribution in [2.75, 3.05) is 13.1 Å². The summed E-state index contributed by atoms with van der Waals surface area (Å²) in [5.74, 6) is 0. The summed E-state index contributed by atoms with van der Waals surface area (Å²) in [6, 6.07) is 0.187. The highest BCUT2D eigenvalue weighted by Crippen LogP contribution is 2.06. The molecule has 1 amide bonds. The fourth-order valence-corrected chi connectivity index (χ4v) is 1.37. The molecule has 5 heteroatoms. The van der Waals surface area contributed by atoms with Gasteiger partial charge in [0, 0.05) is 12.6 Å². The minimum Gasteiger partial charge on any atom is -0.444 e. The van der Waals surface area contributed by atoms with Crippen LogP contribution in [0.4, 0.5) is 4.79 Å². The zero-order valence-corrected chi connectivity index (χ0v) is 12.2. The molecule has 2 atom stereocenters. The second-order valence-electron chi connectivity index (χ2n) is 5.73. The summed E-state index contributed by atoms with van der Waals surface area (Å²) in [7, 11) is 0. The molecule has 0 spiro atoms. The smallest absolute Gasteiger partial charge is 0.407 e. The predicted molar refractivity (Wildman–Crippen MR) is 72.6 cm³/mol. The fourth-order valence-electron chi connectivity index (χ4n) is 1.37. The van der Waals surface area contributed by atoms with Crippen molar-refractivity contribution in [3.05, 3.63) is 0 Å². The summed E-state index contributed by atoms with van der Waals surface area (Å²) in [5.41, 5.74) is -0.460. The molecule has 0 aromatic rings. The molecule has 0 radical (unpaired) electrons. The standard InChI is InChI=1S/C13H28N2O3/c1-10(14-8-6-7-11(2)16)9-15-12(17)18-13(3,4)5/h10-11,14,16H,6-9H2,1-5H3,(H,15,17). The maximum absolute atomic E-state index is 11.4. The molecule has 0 rings (SSSR count). The molecule has 0 saturated carbocycles. The predicted octanol–water partition coefficient (Wildman–Crippen LogP) is 1.65. The molecule has 108 valence electrons. The van der Waals surface area contributed by atoms with Crippen LogP contribution in [-0.4, -0.2) is 42.0 Å². The van der Waals surface area contributed by atoms with Gasteiger partial charge in [-0.15, -0.1) is 0 Å². The van der Waals surface area contributed by atoms with E-state index in [1.165, 1.54) is 0 Å². The highest BCUT2D eigenvalue weighted by atomic mass is 16.6. The Morgan fingerprint density at radius 1 is 1.33 bits per heavy atom. The van der Waals surface area contributed by atoms with Gasteiger partial charge in [0.1, 0.15) is 5.60 Å². The summed E-state index contributed by atoms with van der Waals surface area (Å²) in [5, 5.41) is 15.1. The van der Waals surface area contributed by atoms with Crippen molar-refractivity contribution < 1.29 is 14.6 Å². The van der Waals surface area contributed by atoms with Gasteiger partial charge in [-0.1, -0.05) is 0 Å². The van der Waals surface area contributed by atoms with Crippen LogP contribution in [0.15, 0.2) is 0 Å². The first-order valence-corrected chi connectivity index (χ1v) is 6.59. The number of amides is 1. The largest absolute Gasteiger partial charge is 0.444 e. The molecule has 3 N–H and O–H groups in total. The molecular formula is C13H28N2O3. The third kappa shape index (κ3) is 11.7. The first-order valence-electron chi connectivity index (χ1n) is 6.59. The van der Waals surface area contributed by atoms with Gasteiger partial charge in [-0.25, -0.2) is 4.79 Å². The van der Waals surface area contributed by atoms with Crippen LogP contribution in [0.25, 0.3) is 0 Å². The Labute approximate surface area is 110 Å². The number of nitrogens with one attached hydrogen (secondary N) is 2. The number of hydrogen-bond acceptors (Lipinski definition) is 4. The minimum absolute atomic E-state index is 0.187. The molecule has 0 aromatic heterocycles. The number of hydrogen-bond donors (Lipinski definition) is 3. The first kappa shape index (κ1) is 17.2. The molecule has 0 saturated heterocycles. The molecular weight excluding hydrogens is 232 g/mol. The van der Waals surface area contributed by atoms with Crippen molar-refractivity contribution in [1.82, 2.24) is 10.6 Å². The van der Waals surface area contributed by atoms with Gasteiger partial charge >= 0.3 is 6.09 Å². The number of carbonyl (C=O) groups excluding carboxylic acids is 1. The zero-order chi connectivity index (χ0) is 14.2. The lowest BCUT2D eigenvalue weighted by Gasteiger charge is -2.21. The molecule has 0 aromatic carbocycles. The lowest BCUT2D eigenvalue weighted by Crippen LogP contribution is -2.41. The van der Waals surface area contributed by atoms with E-state index >= 15 is 0 Å². The van der Waals surface area contributed by atoms with E-state index in [1.807, 2.05) is 27.7 Å². The molecule has 0 heterocycles. The summed E-state index contributed by atoms with van der Waals surface area (Å²) in [6.07, 6.45) is 1.08. The van der Waals surface area contributed by atoms with Crippen molar-refractivity contribution in [1.29, 1.82) is 0 Å². The van der Waals surface area contributed by atoms with E-state index in [9.17, 15) is 4.79 Å². The van der Waals surface area contributed by atoms with Crippen molar-refractivity contribution in [2.45, 2.75) is 65.2 Å². The van der Waals surface area contributed by atoms with Crippen molar-refractivity contribution in [2.24, 2.45) is 0 Å². The van der Waals surface area contributed by atoms with Crippen molar-refractivity contribution >= 4 is 6.09 Å². The van der Waals surface area contributed by atoms with Crippen molar-refractivity contribution in [3.63, 3.8) is 0 Å². The SMILES string of the molecule is CC(O)CCCNC(C)CNC(=O)OC(C)(C)C. The lowest BCUT2D eigenvalue weighted by molar-refractivity contribution is 0.0523. The number of ether oxygens (including phenoxy) is 1. The number of alkyl carbamates (subject to hydrolysis) is 1. The molecule has 0 aliphatic rings. The number of carbonyl (C=O) groups is 1. The van der Waals surface area contributed by atoms with E-state index in [0.717, 1.165) is 19.4 Å². The molecule has 0 bridgehead atoms. The summed E-state index contributed by atoms with van der Waals surface area (Å²) >= 11 is 0. The van der Waals surface area contributed by atoms with Crippen LogP contribution in [0.1, 0.15) is 47.5 Å². The van der Waals surface area contributed by atoms with Crippen molar-refractivity contribution in [3.8, 4) is 0 Å². The van der Waals surface area contributed by atoms with Crippen LogP contribution in [0.2, 0.25) is 0 Å². The second-order valence-corrected chi connectivity index (χ2v) is 5.73. The maximum Gasteiger partial charge on any atom is 0.407 e. The highest BCUT2D eigenvalue weighted by Gasteiger charge is 2.16. The van der Waals surface area contributed by atoms with Crippen LogP contribution in [0.3, 0.4) is 0 Å². The summed E-state index contributed by atoms with van der Waals surface area (Å²) in [4.78, 5) is 11.4. The van der Waals surface area contributed by atoms with E-state index in [-0.39, 0.29) is 18.2 Å². The first-order chi connectivity index (χ1) is 8.20. The highest BCUT2D eigenvalue weighted by molar-refractivity contribution is 5.67. The van der Waals surface area contributed by atoms with Gasteiger partial charge in [-0.2, -0.15) is 0 Å². The number of rotatable bonds is 7. The van der Waals surface area contributed by atoms with Gasteiger partial charge in [-0.3, -0.25) is 0 Å². The zero-order valence-electron chi connectivity index (χ0n) is 12.2. The Balaban J connectivity index is 3.58. The number of aliphatic hydroxyl groups excluding tert-OH is 1. The second kappa shape index (κ2) is 8.32. The summed E-state index contributed by atoms with van der Waals surface area (Å²) in [6.45, 7) is 10.7. The van der Waals surface area contributed by atoms with Crippen LogP contribution < -0.4 is 10.6 Å². The Hall–Kier alpha value is -0.810. The lowest BCUT2D eigenvalue weighted by atomic mass is 10.2. The van der Waals surface area contributed by atoms with Gasteiger partial charge in [0.25, 0.3) is 0 Å². The topological polar surface area (TPSA) is 70.6 Å². The van der Waals surface area contributed by atoms with Gasteiger partial charge < -0.3 is 20.5 Å². The minimum atomic E-state index is -0.460. The fraction of sp³-hybridized carbons (Fsp3) is 0.923. The third-order valence-electron chi connectivity index (χ3n) is 2.24. The maximum atomic E-state index is 11.4. The van der Waals surface area contributed by atoms with Gasteiger partial charge in [-0.05, 0) is 54.0 Å². The van der Waals surface area contributed by atoms with Crippen LogP contribution >= 0.6 is 0 Å². The quantitative estimate of drug-likeness (QED) is 0.609. The van der Waals surface area contributed by atoms with Gasteiger partial charge in [0.05, 0.1) is 6.10 Å². The average Bonchev–Trinajstić information content (AvgIpc) is 2.19. The molecule has 18 heavy (non-hydrogen) atoms. The normalized spacial score (nSPS) is 15.0. The molecule has 0 aliphatic heterocycles. The summed E-state index contributed by atoms with van der Waals surface area (Å²) < 4.78 is 5.13. The van der Waals surface area contributed by atoms with Gasteiger partial charge in [0.2, 0.25) is 0 Å². The third-order valence-corrected chi connectivity index (χ3v) is 2.24. The van der Waals surface area contributed by atoms with E-state index in [1.54, 1.807) is 6.92 Å². The number of aliphatic hydroxyl groups is 1. The molecule has 5 nitrogen and oxygen atoms in total.